The largest absolute Gasteiger partial charge is 0.381 e. The van der Waals surface area contributed by atoms with E-state index in [1.54, 1.807) is 12.4 Å². The highest BCUT2D eigenvalue weighted by molar-refractivity contribution is 5.44. The van der Waals surface area contributed by atoms with Gasteiger partial charge in [-0.05, 0) is 53.1 Å². The summed E-state index contributed by atoms with van der Waals surface area (Å²) >= 11 is 0. The van der Waals surface area contributed by atoms with Crippen molar-refractivity contribution in [2.24, 2.45) is 0 Å². The number of nitrogens with zero attached hydrogens (tertiary/aromatic N) is 2. The Morgan fingerprint density at radius 2 is 1.30 bits per heavy atom. The van der Waals surface area contributed by atoms with E-state index in [1.165, 1.54) is 5.56 Å². The molecule has 1 aromatic heterocycles. The summed E-state index contributed by atoms with van der Waals surface area (Å²) in [4.78, 5) is 10.3. The molecule has 0 saturated heterocycles. The molecule has 4 nitrogen and oxygen atoms in total. The molecule has 1 heterocycles. The summed E-state index contributed by atoms with van der Waals surface area (Å²) < 4.78 is 0. The van der Waals surface area contributed by atoms with Gasteiger partial charge in [-0.3, -0.25) is 9.82 Å². The number of para-hydroxylation sites is 2. The molecule has 4 aromatic rings. The Bertz CT molecular complexity index is 1010. The van der Waals surface area contributed by atoms with E-state index in [-0.39, 0.29) is 0 Å². The molecular formula is C26H25N3O. The van der Waals surface area contributed by atoms with Crippen molar-refractivity contribution in [1.82, 2.24) is 4.98 Å². The first-order valence-electron chi connectivity index (χ1n) is 10.1. The number of anilines is 2. The summed E-state index contributed by atoms with van der Waals surface area (Å²) in [6.07, 6.45) is 3.61. The fraction of sp³-hybridized carbons (Fsp3) is 0.115. The Labute approximate surface area is 177 Å². The zero-order valence-electron chi connectivity index (χ0n) is 16.8. The van der Waals surface area contributed by atoms with E-state index in [4.69, 9.17) is 4.84 Å². The average Bonchev–Trinajstić information content (AvgIpc) is 2.83. The minimum atomic E-state index is 0.506. The number of hydrogen-bond acceptors (Lipinski definition) is 4. The highest BCUT2D eigenvalue weighted by Gasteiger charge is 2.09. The lowest BCUT2D eigenvalue weighted by molar-refractivity contribution is 0.0908. The number of hydroxylamine groups is 1. The van der Waals surface area contributed by atoms with Gasteiger partial charge in [-0.2, -0.15) is 0 Å². The molecule has 0 unspecified atom stereocenters. The van der Waals surface area contributed by atoms with Gasteiger partial charge in [-0.25, -0.2) is 5.06 Å². The molecule has 0 aliphatic carbocycles. The third-order valence-corrected chi connectivity index (χ3v) is 4.80. The monoisotopic (exact) mass is 395 g/mol. The molecule has 0 amide bonds. The summed E-state index contributed by atoms with van der Waals surface area (Å²) in [7, 11) is 0. The summed E-state index contributed by atoms with van der Waals surface area (Å²) in [6, 6.07) is 32.9. The van der Waals surface area contributed by atoms with Gasteiger partial charge in [0.05, 0.1) is 18.8 Å². The molecule has 0 radical (unpaired) electrons. The number of nitrogens with one attached hydrogen (secondary N) is 1. The molecule has 3 aromatic carbocycles. The maximum Gasteiger partial charge on any atom is 0.0999 e. The maximum atomic E-state index is 6.18. The summed E-state index contributed by atoms with van der Waals surface area (Å²) in [5.41, 5.74) is 5.67. The van der Waals surface area contributed by atoms with Gasteiger partial charge in [0.15, 0.2) is 0 Å². The second-order valence-electron chi connectivity index (χ2n) is 7.04. The minimum absolute atomic E-state index is 0.506. The molecule has 4 rings (SSSR count). The van der Waals surface area contributed by atoms with E-state index in [0.29, 0.717) is 13.2 Å². The van der Waals surface area contributed by atoms with Crippen LogP contribution >= 0.6 is 0 Å². The van der Waals surface area contributed by atoms with E-state index in [0.717, 1.165) is 29.0 Å². The van der Waals surface area contributed by atoms with Gasteiger partial charge in [0, 0.05) is 24.6 Å². The molecule has 0 aliphatic heterocycles. The number of aromatic nitrogens is 1. The van der Waals surface area contributed by atoms with E-state index < -0.39 is 0 Å². The molecule has 4 heteroatoms. The van der Waals surface area contributed by atoms with Crippen LogP contribution in [-0.4, -0.2) is 4.98 Å². The van der Waals surface area contributed by atoms with Crippen LogP contribution in [0.1, 0.15) is 16.7 Å². The van der Waals surface area contributed by atoms with Crippen molar-refractivity contribution in [3.05, 3.63) is 126 Å². The van der Waals surface area contributed by atoms with Crippen LogP contribution in [0.25, 0.3) is 0 Å². The van der Waals surface area contributed by atoms with Crippen LogP contribution in [0.4, 0.5) is 11.4 Å². The first kappa shape index (κ1) is 19.7. The van der Waals surface area contributed by atoms with Crippen molar-refractivity contribution in [3.63, 3.8) is 0 Å². The first-order chi connectivity index (χ1) is 14.9. The van der Waals surface area contributed by atoms with Crippen molar-refractivity contribution in [3.8, 4) is 0 Å². The molecule has 0 bridgehead atoms. The van der Waals surface area contributed by atoms with Crippen LogP contribution in [0.5, 0.6) is 0 Å². The van der Waals surface area contributed by atoms with Gasteiger partial charge >= 0.3 is 0 Å². The lowest BCUT2D eigenvalue weighted by atomic mass is 10.1. The lowest BCUT2D eigenvalue weighted by Gasteiger charge is -2.24. The quantitative estimate of drug-likeness (QED) is 0.362. The zero-order chi connectivity index (χ0) is 20.4. The van der Waals surface area contributed by atoms with E-state index in [2.05, 4.69) is 58.8 Å². The zero-order valence-corrected chi connectivity index (χ0v) is 16.8. The third kappa shape index (κ3) is 5.69. The summed E-state index contributed by atoms with van der Waals surface area (Å²) in [5, 5.41) is 5.37. The van der Waals surface area contributed by atoms with Crippen LogP contribution in [0.2, 0.25) is 0 Å². The van der Waals surface area contributed by atoms with Crippen LogP contribution in [-0.2, 0) is 24.5 Å². The van der Waals surface area contributed by atoms with Crippen molar-refractivity contribution in [1.29, 1.82) is 0 Å². The molecule has 30 heavy (non-hydrogen) atoms. The van der Waals surface area contributed by atoms with Gasteiger partial charge in [-0.15, -0.1) is 0 Å². The summed E-state index contributed by atoms with van der Waals surface area (Å²) in [5.74, 6) is 0. The predicted molar refractivity (Wildman–Crippen MR) is 122 cm³/mol. The lowest BCUT2D eigenvalue weighted by Crippen LogP contribution is -2.23. The van der Waals surface area contributed by atoms with Crippen molar-refractivity contribution >= 4 is 11.4 Å². The topological polar surface area (TPSA) is 37.4 Å². The number of pyridine rings is 1. The Balaban J connectivity index is 1.37. The number of benzene rings is 3. The highest BCUT2D eigenvalue weighted by atomic mass is 16.7. The molecule has 0 atom stereocenters. The number of rotatable bonds is 9. The van der Waals surface area contributed by atoms with Gasteiger partial charge in [-0.1, -0.05) is 60.7 Å². The molecule has 150 valence electrons. The SMILES string of the molecule is c1ccc(NCc2ccc(CON(Cc3ccncc3)c3ccccc3)cc2)cc1. The second-order valence-corrected chi connectivity index (χ2v) is 7.04. The molecule has 1 N–H and O–H groups in total. The molecular weight excluding hydrogens is 370 g/mol. The van der Waals surface area contributed by atoms with E-state index >= 15 is 0 Å². The normalized spacial score (nSPS) is 10.5. The highest BCUT2D eigenvalue weighted by Crippen LogP contribution is 2.19. The van der Waals surface area contributed by atoms with Gasteiger partial charge in [0.1, 0.15) is 0 Å². The minimum Gasteiger partial charge on any atom is -0.381 e. The van der Waals surface area contributed by atoms with Gasteiger partial charge in [0.25, 0.3) is 0 Å². The van der Waals surface area contributed by atoms with Crippen LogP contribution in [0, 0.1) is 0 Å². The standard InChI is InChI=1S/C26H25N3O/c1-3-7-25(8-4-1)28-19-22-11-13-24(14-12-22)21-30-29(26-9-5-2-6-10-26)20-23-15-17-27-18-16-23/h1-18,28H,19-21H2. The fourth-order valence-corrected chi connectivity index (χ4v) is 3.13. The van der Waals surface area contributed by atoms with Gasteiger partial charge in [0.2, 0.25) is 0 Å². The van der Waals surface area contributed by atoms with Crippen LogP contribution in [0.3, 0.4) is 0 Å². The van der Waals surface area contributed by atoms with Gasteiger partial charge < -0.3 is 5.32 Å². The smallest absolute Gasteiger partial charge is 0.0999 e. The fourth-order valence-electron chi connectivity index (χ4n) is 3.13. The Kier molecular flexibility index (Phi) is 6.71. The van der Waals surface area contributed by atoms with Crippen molar-refractivity contribution < 1.29 is 4.84 Å². The number of hydrogen-bond donors (Lipinski definition) is 1. The van der Waals surface area contributed by atoms with Crippen LogP contribution < -0.4 is 10.4 Å². The van der Waals surface area contributed by atoms with Crippen molar-refractivity contribution in [2.45, 2.75) is 19.7 Å². The molecule has 0 aliphatic rings. The Hall–Kier alpha value is -3.63. The Morgan fingerprint density at radius 3 is 2.00 bits per heavy atom. The second kappa shape index (κ2) is 10.2. The maximum absolute atomic E-state index is 6.18. The summed E-state index contributed by atoms with van der Waals surface area (Å²) in [6.45, 7) is 1.96. The van der Waals surface area contributed by atoms with Crippen molar-refractivity contribution in [2.75, 3.05) is 10.4 Å². The van der Waals surface area contributed by atoms with E-state index in [9.17, 15) is 0 Å². The molecule has 0 spiro atoms. The van der Waals surface area contributed by atoms with E-state index in [1.807, 2.05) is 53.6 Å². The van der Waals surface area contributed by atoms with Crippen LogP contribution in [0.15, 0.2) is 109 Å². The first-order valence-corrected chi connectivity index (χ1v) is 10.1. The molecule has 0 fully saturated rings. The average molecular weight is 396 g/mol. The predicted octanol–water partition coefficient (Wildman–Crippen LogP) is 5.83. The molecule has 0 saturated carbocycles. The Morgan fingerprint density at radius 1 is 0.667 bits per heavy atom. The third-order valence-electron chi connectivity index (χ3n) is 4.80.